The number of rotatable bonds is 12. The molecule has 1 aliphatic heterocycles. The number of hydrogen-bond donors (Lipinski definition) is 2. The number of aryl methyl sites for hydroxylation is 1. The van der Waals surface area contributed by atoms with E-state index in [0.29, 0.717) is 42.7 Å². The van der Waals surface area contributed by atoms with Crippen LogP contribution in [0.4, 0.5) is 8.78 Å². The van der Waals surface area contributed by atoms with E-state index in [-0.39, 0.29) is 11.6 Å². The van der Waals surface area contributed by atoms with Crippen molar-refractivity contribution in [3.05, 3.63) is 106 Å². The number of hydrogen-bond acceptors (Lipinski definition) is 5. The van der Waals surface area contributed by atoms with Crippen molar-refractivity contribution in [2.75, 3.05) is 7.05 Å². The Bertz CT molecular complexity index is 1600. The molecule has 3 aromatic rings. The molecule has 3 heterocycles. The Balaban J connectivity index is 1.15. The number of aromatic nitrogens is 4. The molecule has 0 atom stereocenters. The number of pyridine rings is 1. The van der Waals surface area contributed by atoms with Crippen molar-refractivity contribution in [3.8, 4) is 0 Å². The fourth-order valence-corrected chi connectivity index (χ4v) is 5.07. The van der Waals surface area contributed by atoms with Gasteiger partial charge in [0.1, 0.15) is 17.5 Å². The van der Waals surface area contributed by atoms with Crippen molar-refractivity contribution in [2.24, 2.45) is 10.9 Å². The number of benzene rings is 1. The van der Waals surface area contributed by atoms with Gasteiger partial charge in [-0.2, -0.15) is 0 Å². The fraction of sp³-hybridized carbons (Fsp3) is 0.364. The Kier molecular flexibility index (Phi) is 9.23. The van der Waals surface area contributed by atoms with E-state index in [4.69, 9.17) is 0 Å². The zero-order valence-corrected chi connectivity index (χ0v) is 24.8. The van der Waals surface area contributed by atoms with E-state index in [1.165, 1.54) is 12.1 Å². The maximum Gasteiger partial charge on any atom is 0.273 e. The van der Waals surface area contributed by atoms with Crippen LogP contribution in [0, 0.1) is 17.6 Å². The highest BCUT2D eigenvalue weighted by atomic mass is 19.1. The molecule has 0 radical (unpaired) electrons. The average molecular weight is 586 g/mol. The number of amidine groups is 1. The zero-order valence-electron chi connectivity index (χ0n) is 24.8. The number of halogens is 2. The maximum atomic E-state index is 14.9. The molecule has 1 aliphatic carbocycles. The summed E-state index contributed by atoms with van der Waals surface area (Å²) in [6.45, 7) is 9.38. The van der Waals surface area contributed by atoms with Crippen molar-refractivity contribution in [1.29, 1.82) is 0 Å². The normalized spacial score (nSPS) is 16.8. The first-order valence-corrected chi connectivity index (χ1v) is 14.7. The maximum absolute atomic E-state index is 14.9. The van der Waals surface area contributed by atoms with Gasteiger partial charge in [0.25, 0.3) is 5.91 Å². The van der Waals surface area contributed by atoms with E-state index in [1.807, 2.05) is 18.2 Å². The quantitative estimate of drug-likeness (QED) is 0.250. The molecule has 0 saturated heterocycles. The molecule has 0 bridgehead atoms. The summed E-state index contributed by atoms with van der Waals surface area (Å²) in [6.07, 6.45) is 9.76. The first-order valence-electron chi connectivity index (χ1n) is 14.7. The highest BCUT2D eigenvalue weighted by Gasteiger charge is 2.37. The summed E-state index contributed by atoms with van der Waals surface area (Å²) in [4.78, 5) is 21.4. The number of unbranched alkanes of at least 4 members (excludes halogenated alkanes) is 1. The second kappa shape index (κ2) is 13.2. The smallest absolute Gasteiger partial charge is 0.273 e. The molecule has 2 N–H and O–H groups in total. The van der Waals surface area contributed by atoms with Gasteiger partial charge in [0.15, 0.2) is 5.69 Å². The Morgan fingerprint density at radius 3 is 2.72 bits per heavy atom. The van der Waals surface area contributed by atoms with Crippen LogP contribution in [0.3, 0.4) is 0 Å². The summed E-state index contributed by atoms with van der Waals surface area (Å²) in [5, 5.41) is 14.4. The van der Waals surface area contributed by atoms with Gasteiger partial charge >= 0.3 is 0 Å². The SMILES string of the molecule is C=C(/C=C1\C(=NC)NC(C2CC2)=C1c1ccc(F)cc1F)CCCCn1cc(C(=O)NCc2ccc(C(C)C)nc2)nn1. The number of aliphatic imine (C=N–C) groups is 1. The summed E-state index contributed by atoms with van der Waals surface area (Å²) in [6, 6.07) is 7.63. The molecule has 5 rings (SSSR count). The van der Waals surface area contributed by atoms with Crippen molar-refractivity contribution in [3.63, 3.8) is 0 Å². The lowest BCUT2D eigenvalue weighted by atomic mass is 9.94. The fourth-order valence-electron chi connectivity index (χ4n) is 5.07. The molecule has 224 valence electrons. The summed E-state index contributed by atoms with van der Waals surface area (Å²) >= 11 is 0. The van der Waals surface area contributed by atoms with Gasteiger partial charge in [-0.25, -0.2) is 8.78 Å². The van der Waals surface area contributed by atoms with Crippen LogP contribution in [0.15, 0.2) is 77.2 Å². The summed E-state index contributed by atoms with van der Waals surface area (Å²) in [5.41, 5.74) is 5.89. The van der Waals surface area contributed by atoms with E-state index in [2.05, 4.69) is 51.3 Å². The van der Waals surface area contributed by atoms with Gasteiger partial charge in [-0.3, -0.25) is 19.5 Å². The van der Waals surface area contributed by atoms with Crippen molar-refractivity contribution >= 4 is 17.3 Å². The van der Waals surface area contributed by atoms with Crippen molar-refractivity contribution in [2.45, 2.75) is 65.0 Å². The van der Waals surface area contributed by atoms with Crippen molar-refractivity contribution < 1.29 is 13.6 Å². The van der Waals surface area contributed by atoms with Crippen molar-refractivity contribution in [1.82, 2.24) is 30.6 Å². The average Bonchev–Trinajstić information content (AvgIpc) is 3.62. The Morgan fingerprint density at radius 1 is 1.23 bits per heavy atom. The molecule has 2 aromatic heterocycles. The lowest BCUT2D eigenvalue weighted by molar-refractivity contribution is 0.0945. The minimum absolute atomic E-state index is 0.264. The molecule has 10 heteroatoms. The van der Waals surface area contributed by atoms with Crippen LogP contribution in [-0.4, -0.2) is 38.8 Å². The molecule has 0 unspecified atom stereocenters. The first kappa shape index (κ1) is 30.0. The predicted octanol–water partition coefficient (Wildman–Crippen LogP) is 6.11. The largest absolute Gasteiger partial charge is 0.346 e. The molecular formula is C33H37F2N7O. The minimum atomic E-state index is -0.606. The molecule has 2 aliphatic rings. The van der Waals surface area contributed by atoms with E-state index >= 15 is 0 Å². The summed E-state index contributed by atoms with van der Waals surface area (Å²) in [5.74, 6) is -0.153. The Labute approximate surface area is 250 Å². The number of carbonyl (C=O) groups is 1. The number of allylic oxidation sites excluding steroid dienone is 3. The van der Waals surface area contributed by atoms with E-state index in [0.717, 1.165) is 65.4 Å². The molecule has 8 nitrogen and oxygen atoms in total. The van der Waals surface area contributed by atoms with Crippen LogP contribution in [0.1, 0.15) is 79.2 Å². The molecular weight excluding hydrogens is 548 g/mol. The molecule has 1 aromatic carbocycles. The first-order chi connectivity index (χ1) is 20.7. The number of nitrogens with zero attached hydrogens (tertiary/aromatic N) is 5. The third-order valence-electron chi connectivity index (χ3n) is 7.60. The summed E-state index contributed by atoms with van der Waals surface area (Å²) < 4.78 is 30.2. The molecule has 1 amide bonds. The zero-order chi connectivity index (χ0) is 30.5. The lowest BCUT2D eigenvalue weighted by Gasteiger charge is -2.10. The van der Waals surface area contributed by atoms with Crippen LogP contribution in [-0.2, 0) is 13.1 Å². The van der Waals surface area contributed by atoms with Crippen LogP contribution in [0.5, 0.6) is 0 Å². The molecule has 1 saturated carbocycles. The number of carbonyl (C=O) groups excluding carboxylic acids is 1. The van der Waals surface area contributed by atoms with E-state index in [9.17, 15) is 13.6 Å². The van der Waals surface area contributed by atoms with Gasteiger partial charge in [-0.15, -0.1) is 5.10 Å². The minimum Gasteiger partial charge on any atom is -0.346 e. The Hall–Kier alpha value is -4.47. The van der Waals surface area contributed by atoms with Gasteiger partial charge in [0.05, 0.1) is 6.20 Å². The third kappa shape index (κ3) is 7.31. The Morgan fingerprint density at radius 2 is 2.05 bits per heavy atom. The van der Waals surface area contributed by atoms with Crippen LogP contribution < -0.4 is 10.6 Å². The highest BCUT2D eigenvalue weighted by Crippen LogP contribution is 2.45. The van der Waals surface area contributed by atoms with Gasteiger partial charge in [-0.05, 0) is 73.8 Å². The van der Waals surface area contributed by atoms with Gasteiger partial charge < -0.3 is 10.6 Å². The predicted molar refractivity (Wildman–Crippen MR) is 163 cm³/mol. The molecule has 1 fully saturated rings. The number of nitrogens with one attached hydrogen (secondary N) is 2. The monoisotopic (exact) mass is 585 g/mol. The van der Waals surface area contributed by atoms with Crippen LogP contribution >= 0.6 is 0 Å². The van der Waals surface area contributed by atoms with E-state index < -0.39 is 11.6 Å². The highest BCUT2D eigenvalue weighted by molar-refractivity contribution is 6.18. The van der Waals surface area contributed by atoms with E-state index in [1.54, 1.807) is 24.1 Å². The molecule has 0 spiro atoms. The summed E-state index contributed by atoms with van der Waals surface area (Å²) in [7, 11) is 1.70. The lowest BCUT2D eigenvalue weighted by Crippen LogP contribution is -2.23. The standard InChI is InChI=1S/C33H37F2N7O/c1-20(2)28-13-8-22(17-37-28)18-38-33(43)29-19-42(41-40-29)14-6-5-7-21(3)15-26-30(25-12-11-24(34)16-27(25)35)31(23-9-10-23)39-32(26)36-4/h8,11-13,15-17,19-20,23H,3,5-7,9-10,14,18H2,1-2,4H3,(H,36,39)(H,38,43)/b26-15-. The molecule has 43 heavy (non-hydrogen) atoms. The van der Waals surface area contributed by atoms with Crippen LogP contribution in [0.25, 0.3) is 5.57 Å². The van der Waals surface area contributed by atoms with Gasteiger partial charge in [0, 0.05) is 60.5 Å². The topological polar surface area (TPSA) is 97.1 Å². The second-order valence-corrected chi connectivity index (χ2v) is 11.4. The van der Waals surface area contributed by atoms with Crippen LogP contribution in [0.2, 0.25) is 0 Å². The van der Waals surface area contributed by atoms with Gasteiger partial charge in [-0.1, -0.05) is 37.3 Å². The second-order valence-electron chi connectivity index (χ2n) is 11.4. The van der Waals surface area contributed by atoms with Gasteiger partial charge in [0.2, 0.25) is 0 Å². The third-order valence-corrected chi connectivity index (χ3v) is 7.60. The number of amides is 1.